The molecule has 7 heteroatoms. The van der Waals surface area contributed by atoms with Gasteiger partial charge in [0.05, 0.1) is 5.69 Å². The molecule has 1 atom stereocenters. The van der Waals surface area contributed by atoms with Gasteiger partial charge in [-0.25, -0.2) is 4.39 Å². The molecule has 2 rings (SSSR count). The Labute approximate surface area is 135 Å². The van der Waals surface area contributed by atoms with E-state index in [1.54, 1.807) is 0 Å². The second-order valence-corrected chi connectivity index (χ2v) is 5.28. The lowest BCUT2D eigenvalue weighted by Gasteiger charge is -2.10. The SMILES string of the molecule is CC(=O)Nc1cc(C(=O)NCCC2CCNC2)ccc1F.Cl. The Morgan fingerprint density at radius 2 is 2.18 bits per heavy atom. The molecule has 0 bridgehead atoms. The van der Waals surface area contributed by atoms with Crippen LogP contribution >= 0.6 is 12.4 Å². The first-order chi connectivity index (χ1) is 10.1. The zero-order valence-corrected chi connectivity index (χ0v) is 13.3. The number of anilines is 1. The molecule has 1 heterocycles. The second-order valence-electron chi connectivity index (χ2n) is 5.28. The van der Waals surface area contributed by atoms with Gasteiger partial charge in [0.1, 0.15) is 5.82 Å². The number of hydrogen-bond acceptors (Lipinski definition) is 3. The number of carbonyl (C=O) groups is 2. The molecule has 0 spiro atoms. The van der Waals surface area contributed by atoms with Crippen LogP contribution in [0.3, 0.4) is 0 Å². The highest BCUT2D eigenvalue weighted by Crippen LogP contribution is 2.16. The summed E-state index contributed by atoms with van der Waals surface area (Å²) in [7, 11) is 0. The fourth-order valence-corrected chi connectivity index (χ4v) is 2.40. The maximum Gasteiger partial charge on any atom is 0.251 e. The van der Waals surface area contributed by atoms with Crippen molar-refractivity contribution >= 4 is 29.9 Å². The minimum Gasteiger partial charge on any atom is -0.352 e. The Morgan fingerprint density at radius 3 is 2.82 bits per heavy atom. The van der Waals surface area contributed by atoms with Gasteiger partial charge >= 0.3 is 0 Å². The van der Waals surface area contributed by atoms with Crippen LogP contribution in [0.15, 0.2) is 18.2 Å². The number of benzene rings is 1. The molecule has 1 unspecified atom stereocenters. The lowest BCUT2D eigenvalue weighted by Crippen LogP contribution is -2.26. The molecule has 0 aromatic heterocycles. The molecule has 3 N–H and O–H groups in total. The van der Waals surface area contributed by atoms with Crippen molar-refractivity contribution < 1.29 is 14.0 Å². The minimum atomic E-state index is -0.557. The van der Waals surface area contributed by atoms with Gasteiger partial charge in [-0.1, -0.05) is 0 Å². The third-order valence-corrected chi connectivity index (χ3v) is 3.54. The van der Waals surface area contributed by atoms with E-state index in [9.17, 15) is 14.0 Å². The quantitative estimate of drug-likeness (QED) is 0.773. The van der Waals surface area contributed by atoms with Crippen LogP contribution in [0, 0.1) is 11.7 Å². The third-order valence-electron chi connectivity index (χ3n) is 3.54. The number of amides is 2. The summed E-state index contributed by atoms with van der Waals surface area (Å²) in [6.07, 6.45) is 2.07. The molecule has 1 saturated heterocycles. The first-order valence-electron chi connectivity index (χ1n) is 7.12. The summed E-state index contributed by atoms with van der Waals surface area (Å²) in [5.41, 5.74) is 0.361. The summed E-state index contributed by atoms with van der Waals surface area (Å²) >= 11 is 0. The summed E-state index contributed by atoms with van der Waals surface area (Å²) in [5.74, 6) is -0.583. The summed E-state index contributed by atoms with van der Waals surface area (Å²) < 4.78 is 13.5. The average Bonchev–Trinajstić information content (AvgIpc) is 2.94. The van der Waals surface area contributed by atoms with Crippen molar-refractivity contribution in [3.63, 3.8) is 0 Å². The van der Waals surface area contributed by atoms with E-state index in [1.165, 1.54) is 25.1 Å². The van der Waals surface area contributed by atoms with E-state index in [0.29, 0.717) is 18.0 Å². The van der Waals surface area contributed by atoms with Crippen LogP contribution in [-0.2, 0) is 4.79 Å². The fraction of sp³-hybridized carbons (Fsp3) is 0.467. The maximum atomic E-state index is 13.5. The molecule has 2 amide bonds. The van der Waals surface area contributed by atoms with Crippen LogP contribution in [0.5, 0.6) is 0 Å². The van der Waals surface area contributed by atoms with Gasteiger partial charge < -0.3 is 16.0 Å². The number of nitrogens with one attached hydrogen (secondary N) is 3. The first kappa shape index (κ1) is 18.4. The fourth-order valence-electron chi connectivity index (χ4n) is 2.40. The van der Waals surface area contributed by atoms with E-state index >= 15 is 0 Å². The Morgan fingerprint density at radius 1 is 1.41 bits per heavy atom. The largest absolute Gasteiger partial charge is 0.352 e. The van der Waals surface area contributed by atoms with Gasteiger partial charge in [0, 0.05) is 19.0 Å². The smallest absolute Gasteiger partial charge is 0.251 e. The van der Waals surface area contributed by atoms with Crippen LogP contribution in [0.1, 0.15) is 30.1 Å². The van der Waals surface area contributed by atoms with Crippen LogP contribution in [-0.4, -0.2) is 31.4 Å². The van der Waals surface area contributed by atoms with Crippen LogP contribution in [0.25, 0.3) is 0 Å². The molecule has 0 radical (unpaired) electrons. The Bertz CT molecular complexity index is 534. The Hall–Kier alpha value is -1.66. The molecule has 1 aromatic carbocycles. The van der Waals surface area contributed by atoms with Gasteiger partial charge in [0.2, 0.25) is 5.91 Å². The number of halogens is 2. The predicted molar refractivity (Wildman–Crippen MR) is 85.9 cm³/mol. The van der Waals surface area contributed by atoms with Gasteiger partial charge in [0.15, 0.2) is 0 Å². The van der Waals surface area contributed by atoms with Crippen molar-refractivity contribution in [3.8, 4) is 0 Å². The van der Waals surface area contributed by atoms with Crippen molar-refractivity contribution in [2.75, 3.05) is 25.0 Å². The second kappa shape index (κ2) is 8.70. The van der Waals surface area contributed by atoms with Gasteiger partial charge in [-0.3, -0.25) is 9.59 Å². The van der Waals surface area contributed by atoms with Crippen molar-refractivity contribution in [1.82, 2.24) is 10.6 Å². The molecular formula is C15H21ClFN3O2. The molecule has 0 saturated carbocycles. The lowest BCUT2D eigenvalue weighted by atomic mass is 10.1. The monoisotopic (exact) mass is 329 g/mol. The molecule has 5 nitrogen and oxygen atoms in total. The van der Waals surface area contributed by atoms with Crippen molar-refractivity contribution in [2.24, 2.45) is 5.92 Å². The highest BCUT2D eigenvalue weighted by atomic mass is 35.5. The predicted octanol–water partition coefficient (Wildman–Crippen LogP) is 1.94. The Kier molecular flexibility index (Phi) is 7.27. The van der Waals surface area contributed by atoms with Crippen molar-refractivity contribution in [1.29, 1.82) is 0 Å². The van der Waals surface area contributed by atoms with E-state index in [1.807, 2.05) is 0 Å². The Balaban J connectivity index is 0.00000242. The van der Waals surface area contributed by atoms with Crippen LogP contribution in [0.4, 0.5) is 10.1 Å². The van der Waals surface area contributed by atoms with E-state index in [4.69, 9.17) is 0 Å². The van der Waals surface area contributed by atoms with Crippen molar-refractivity contribution in [3.05, 3.63) is 29.6 Å². The summed E-state index contributed by atoms with van der Waals surface area (Å²) in [6.45, 7) is 3.93. The summed E-state index contributed by atoms with van der Waals surface area (Å²) in [4.78, 5) is 23.0. The summed E-state index contributed by atoms with van der Waals surface area (Å²) in [5, 5.41) is 8.47. The normalized spacial score (nSPS) is 16.7. The van der Waals surface area contributed by atoms with Gasteiger partial charge in [-0.05, 0) is 50.0 Å². The van der Waals surface area contributed by atoms with Gasteiger partial charge in [-0.15, -0.1) is 12.4 Å². The minimum absolute atomic E-state index is 0. The van der Waals surface area contributed by atoms with Crippen molar-refractivity contribution in [2.45, 2.75) is 19.8 Å². The molecule has 1 aliphatic rings. The zero-order valence-electron chi connectivity index (χ0n) is 12.4. The highest BCUT2D eigenvalue weighted by Gasteiger charge is 2.15. The topological polar surface area (TPSA) is 70.2 Å². The highest BCUT2D eigenvalue weighted by molar-refractivity contribution is 5.96. The van der Waals surface area contributed by atoms with E-state index in [0.717, 1.165) is 25.9 Å². The van der Waals surface area contributed by atoms with Gasteiger partial charge in [0.25, 0.3) is 5.91 Å². The number of carbonyl (C=O) groups excluding carboxylic acids is 2. The molecule has 1 aromatic rings. The van der Waals surface area contributed by atoms with Crippen LogP contribution in [0.2, 0.25) is 0 Å². The molecule has 0 aliphatic carbocycles. The molecular weight excluding hydrogens is 309 g/mol. The maximum absolute atomic E-state index is 13.5. The molecule has 22 heavy (non-hydrogen) atoms. The average molecular weight is 330 g/mol. The van der Waals surface area contributed by atoms with E-state index in [2.05, 4.69) is 16.0 Å². The standard InChI is InChI=1S/C15H20FN3O2.ClH/c1-10(20)19-14-8-12(2-3-13(14)16)15(21)18-7-5-11-4-6-17-9-11;/h2-3,8,11,17H,4-7,9H2,1H3,(H,18,21)(H,19,20);1H. The number of hydrogen-bond donors (Lipinski definition) is 3. The van der Waals surface area contributed by atoms with E-state index < -0.39 is 5.82 Å². The number of rotatable bonds is 5. The molecule has 1 fully saturated rings. The molecule has 1 aliphatic heterocycles. The lowest BCUT2D eigenvalue weighted by molar-refractivity contribution is -0.114. The zero-order chi connectivity index (χ0) is 15.2. The third kappa shape index (κ3) is 5.27. The van der Waals surface area contributed by atoms with Gasteiger partial charge in [-0.2, -0.15) is 0 Å². The molecule has 122 valence electrons. The first-order valence-corrected chi connectivity index (χ1v) is 7.12. The summed E-state index contributed by atoms with van der Waals surface area (Å²) in [6, 6.07) is 3.94. The van der Waals surface area contributed by atoms with Crippen LogP contribution < -0.4 is 16.0 Å². The van der Waals surface area contributed by atoms with E-state index in [-0.39, 0.29) is 29.9 Å².